The van der Waals surface area contributed by atoms with E-state index in [4.69, 9.17) is 16.3 Å². The van der Waals surface area contributed by atoms with Gasteiger partial charge in [-0.2, -0.15) is 0 Å². The number of hydrogen-bond acceptors (Lipinski definition) is 3. The fourth-order valence-corrected chi connectivity index (χ4v) is 2.32. The van der Waals surface area contributed by atoms with Crippen LogP contribution in [0, 0.1) is 0 Å². The third-order valence-electron chi connectivity index (χ3n) is 3.16. The van der Waals surface area contributed by atoms with Crippen molar-refractivity contribution in [1.29, 1.82) is 0 Å². The molecule has 0 spiro atoms. The maximum absolute atomic E-state index is 11.8. The zero-order valence-electron chi connectivity index (χ0n) is 11.0. The SMILES string of the molecule is CCOC(=O)C1=C(NCc2ccc(Cl)cc2)CCC1. The second-order valence-corrected chi connectivity index (χ2v) is 4.95. The molecular formula is C15H18ClNO2. The van der Waals surface area contributed by atoms with Crippen LogP contribution in [-0.4, -0.2) is 12.6 Å². The first-order valence-electron chi connectivity index (χ1n) is 6.58. The Morgan fingerprint density at radius 1 is 1.32 bits per heavy atom. The monoisotopic (exact) mass is 279 g/mol. The minimum atomic E-state index is -0.182. The summed E-state index contributed by atoms with van der Waals surface area (Å²) in [5.41, 5.74) is 2.97. The largest absolute Gasteiger partial charge is 0.463 e. The molecule has 19 heavy (non-hydrogen) atoms. The van der Waals surface area contributed by atoms with Gasteiger partial charge in [-0.15, -0.1) is 0 Å². The molecule has 3 nitrogen and oxygen atoms in total. The van der Waals surface area contributed by atoms with Gasteiger partial charge in [-0.3, -0.25) is 0 Å². The molecule has 0 aliphatic heterocycles. The lowest BCUT2D eigenvalue weighted by Crippen LogP contribution is -2.16. The molecule has 102 valence electrons. The highest BCUT2D eigenvalue weighted by Gasteiger charge is 2.21. The van der Waals surface area contributed by atoms with E-state index >= 15 is 0 Å². The molecule has 0 radical (unpaired) electrons. The summed E-state index contributed by atoms with van der Waals surface area (Å²) < 4.78 is 5.07. The maximum Gasteiger partial charge on any atom is 0.335 e. The number of rotatable bonds is 5. The van der Waals surface area contributed by atoms with Crippen molar-refractivity contribution in [1.82, 2.24) is 5.32 Å². The number of ether oxygens (including phenoxy) is 1. The van der Waals surface area contributed by atoms with Crippen LogP contribution in [0.15, 0.2) is 35.5 Å². The number of halogens is 1. The molecule has 4 heteroatoms. The van der Waals surface area contributed by atoms with E-state index in [2.05, 4.69) is 5.32 Å². The van der Waals surface area contributed by atoms with E-state index in [0.29, 0.717) is 13.2 Å². The number of carbonyl (C=O) groups is 1. The molecule has 2 rings (SSSR count). The van der Waals surface area contributed by atoms with E-state index in [1.165, 1.54) is 0 Å². The average Bonchev–Trinajstić information content (AvgIpc) is 2.87. The minimum absolute atomic E-state index is 0.182. The first-order chi connectivity index (χ1) is 9.20. The summed E-state index contributed by atoms with van der Waals surface area (Å²) in [4.78, 5) is 11.8. The zero-order chi connectivity index (χ0) is 13.7. The summed E-state index contributed by atoms with van der Waals surface area (Å²) in [7, 11) is 0. The summed E-state index contributed by atoms with van der Waals surface area (Å²) in [6.45, 7) is 2.95. The Morgan fingerprint density at radius 3 is 2.74 bits per heavy atom. The van der Waals surface area contributed by atoms with Gasteiger partial charge in [0.25, 0.3) is 0 Å². The number of nitrogens with one attached hydrogen (secondary N) is 1. The van der Waals surface area contributed by atoms with Gasteiger partial charge in [-0.25, -0.2) is 4.79 Å². The van der Waals surface area contributed by atoms with E-state index in [-0.39, 0.29) is 5.97 Å². The average molecular weight is 280 g/mol. The molecule has 0 heterocycles. The lowest BCUT2D eigenvalue weighted by Gasteiger charge is -2.10. The fraction of sp³-hybridized carbons (Fsp3) is 0.400. The lowest BCUT2D eigenvalue weighted by molar-refractivity contribution is -0.138. The van der Waals surface area contributed by atoms with Gasteiger partial charge in [0, 0.05) is 17.3 Å². The predicted octanol–water partition coefficient (Wildman–Crippen LogP) is 3.43. The van der Waals surface area contributed by atoms with Crippen LogP contribution in [0.25, 0.3) is 0 Å². The summed E-state index contributed by atoms with van der Waals surface area (Å²) in [5, 5.41) is 4.07. The van der Waals surface area contributed by atoms with Gasteiger partial charge in [-0.05, 0) is 43.9 Å². The van der Waals surface area contributed by atoms with Crippen molar-refractivity contribution in [3.63, 3.8) is 0 Å². The van der Waals surface area contributed by atoms with Crippen molar-refractivity contribution in [2.45, 2.75) is 32.7 Å². The summed E-state index contributed by atoms with van der Waals surface area (Å²) in [6, 6.07) is 7.70. The normalized spacial score (nSPS) is 14.6. The number of esters is 1. The van der Waals surface area contributed by atoms with Crippen LogP contribution in [0.2, 0.25) is 5.02 Å². The fourth-order valence-electron chi connectivity index (χ4n) is 2.19. The molecule has 0 unspecified atom stereocenters. The summed E-state index contributed by atoms with van der Waals surface area (Å²) in [5.74, 6) is -0.182. The Labute approximate surface area is 118 Å². The van der Waals surface area contributed by atoms with E-state index in [1.807, 2.05) is 31.2 Å². The molecule has 1 aliphatic rings. The molecule has 1 aromatic carbocycles. The molecule has 0 atom stereocenters. The molecule has 0 amide bonds. The van der Waals surface area contributed by atoms with Crippen LogP contribution >= 0.6 is 11.6 Å². The zero-order valence-corrected chi connectivity index (χ0v) is 11.8. The molecule has 1 N–H and O–H groups in total. The van der Waals surface area contributed by atoms with Crippen molar-refractivity contribution >= 4 is 17.6 Å². The van der Waals surface area contributed by atoms with Crippen LogP contribution in [-0.2, 0) is 16.1 Å². The predicted molar refractivity (Wildman–Crippen MR) is 75.8 cm³/mol. The highest BCUT2D eigenvalue weighted by molar-refractivity contribution is 6.30. The van der Waals surface area contributed by atoms with E-state index < -0.39 is 0 Å². The maximum atomic E-state index is 11.8. The third-order valence-corrected chi connectivity index (χ3v) is 3.41. The smallest absolute Gasteiger partial charge is 0.335 e. The molecular weight excluding hydrogens is 262 g/mol. The number of allylic oxidation sites excluding steroid dienone is 1. The molecule has 0 fully saturated rings. The van der Waals surface area contributed by atoms with Crippen LogP contribution in [0.1, 0.15) is 31.7 Å². The number of hydrogen-bond donors (Lipinski definition) is 1. The van der Waals surface area contributed by atoms with Crippen LogP contribution in [0.5, 0.6) is 0 Å². The van der Waals surface area contributed by atoms with E-state index in [1.54, 1.807) is 0 Å². The van der Waals surface area contributed by atoms with Gasteiger partial charge < -0.3 is 10.1 Å². The van der Waals surface area contributed by atoms with E-state index in [9.17, 15) is 4.79 Å². The Hall–Kier alpha value is -1.48. The van der Waals surface area contributed by atoms with Gasteiger partial charge in [0.2, 0.25) is 0 Å². The first-order valence-corrected chi connectivity index (χ1v) is 6.96. The molecule has 0 aromatic heterocycles. The highest BCUT2D eigenvalue weighted by Crippen LogP contribution is 2.25. The molecule has 0 bridgehead atoms. The molecule has 0 saturated heterocycles. The Kier molecular flexibility index (Phi) is 4.86. The molecule has 0 saturated carbocycles. The lowest BCUT2D eigenvalue weighted by atomic mass is 10.2. The van der Waals surface area contributed by atoms with Gasteiger partial charge >= 0.3 is 5.97 Å². The molecule has 1 aromatic rings. The van der Waals surface area contributed by atoms with Crippen LogP contribution in [0.3, 0.4) is 0 Å². The Morgan fingerprint density at radius 2 is 2.05 bits per heavy atom. The number of benzene rings is 1. The quantitative estimate of drug-likeness (QED) is 0.839. The Balaban J connectivity index is 1.99. The van der Waals surface area contributed by atoms with Crippen molar-refractivity contribution in [3.8, 4) is 0 Å². The summed E-state index contributed by atoms with van der Waals surface area (Å²) in [6.07, 6.45) is 2.74. The van der Waals surface area contributed by atoms with Crippen LogP contribution < -0.4 is 5.32 Å². The van der Waals surface area contributed by atoms with Gasteiger partial charge in [-0.1, -0.05) is 23.7 Å². The Bertz CT molecular complexity index is 479. The van der Waals surface area contributed by atoms with Crippen molar-refractivity contribution in [2.24, 2.45) is 0 Å². The minimum Gasteiger partial charge on any atom is -0.463 e. The first kappa shape index (κ1) is 13.9. The van der Waals surface area contributed by atoms with Gasteiger partial charge in [0.15, 0.2) is 0 Å². The van der Waals surface area contributed by atoms with Crippen LogP contribution in [0.4, 0.5) is 0 Å². The number of carbonyl (C=O) groups excluding carboxylic acids is 1. The van der Waals surface area contributed by atoms with Crippen molar-refractivity contribution in [3.05, 3.63) is 46.1 Å². The highest BCUT2D eigenvalue weighted by atomic mass is 35.5. The van der Waals surface area contributed by atoms with Gasteiger partial charge in [0.1, 0.15) is 0 Å². The summed E-state index contributed by atoms with van der Waals surface area (Å²) >= 11 is 5.85. The molecule has 1 aliphatic carbocycles. The van der Waals surface area contributed by atoms with E-state index in [0.717, 1.165) is 41.1 Å². The third kappa shape index (κ3) is 3.74. The van der Waals surface area contributed by atoms with Crippen molar-refractivity contribution < 1.29 is 9.53 Å². The second kappa shape index (κ2) is 6.62. The topological polar surface area (TPSA) is 38.3 Å². The van der Waals surface area contributed by atoms with Crippen molar-refractivity contribution in [2.75, 3.05) is 6.61 Å². The standard InChI is InChI=1S/C15H18ClNO2/c1-2-19-15(18)13-4-3-5-14(13)17-10-11-6-8-12(16)9-7-11/h6-9,17H,2-5,10H2,1H3. The van der Waals surface area contributed by atoms with Gasteiger partial charge in [0.05, 0.1) is 12.2 Å². The second-order valence-electron chi connectivity index (χ2n) is 4.51.